The minimum Gasteiger partial charge on any atom is -0.497 e. The molecule has 0 unspecified atom stereocenters. The monoisotopic (exact) mass is 424 g/mol. The molecule has 9 nitrogen and oxygen atoms in total. The van der Waals surface area contributed by atoms with Crippen LogP contribution in [0.2, 0.25) is 0 Å². The van der Waals surface area contributed by atoms with E-state index < -0.39 is 0 Å². The minimum absolute atomic E-state index is 0.0625. The molecule has 3 heterocycles. The van der Waals surface area contributed by atoms with E-state index in [1.54, 1.807) is 20.1 Å². The standard InChI is InChI=1S/C22H28N6O3/c1-4-9-25-10-12-26(13-11-25)21(29)15-27-22(30)20-14-19(24-28(20)16(2)23-27)17-5-7-18(31-3)8-6-17/h5-8,14H,4,9-13,15H2,1-3H3. The number of hydrogen-bond acceptors (Lipinski definition) is 6. The van der Waals surface area contributed by atoms with Gasteiger partial charge in [0.2, 0.25) is 5.91 Å². The summed E-state index contributed by atoms with van der Waals surface area (Å²) in [4.78, 5) is 30.0. The highest BCUT2D eigenvalue weighted by molar-refractivity contribution is 5.76. The Kier molecular flexibility index (Phi) is 6.03. The van der Waals surface area contributed by atoms with Crippen LogP contribution < -0.4 is 10.3 Å². The molecule has 1 amide bonds. The molecule has 9 heteroatoms. The van der Waals surface area contributed by atoms with Gasteiger partial charge in [0.05, 0.1) is 12.8 Å². The molecule has 0 aliphatic carbocycles. The summed E-state index contributed by atoms with van der Waals surface area (Å²) in [6.07, 6.45) is 1.11. The fourth-order valence-corrected chi connectivity index (χ4v) is 3.95. The smallest absolute Gasteiger partial charge is 0.293 e. The summed E-state index contributed by atoms with van der Waals surface area (Å²) in [5.74, 6) is 1.22. The van der Waals surface area contributed by atoms with Crippen LogP contribution in [0.1, 0.15) is 19.2 Å². The third-order valence-electron chi connectivity index (χ3n) is 5.67. The number of nitrogens with zero attached hydrogens (tertiary/aromatic N) is 6. The lowest BCUT2D eigenvalue weighted by molar-refractivity contribution is -0.133. The van der Waals surface area contributed by atoms with Gasteiger partial charge in [-0.15, -0.1) is 0 Å². The number of carbonyl (C=O) groups is 1. The van der Waals surface area contributed by atoms with Crippen LogP contribution in [-0.2, 0) is 11.3 Å². The Morgan fingerprint density at radius 3 is 2.45 bits per heavy atom. The molecule has 2 aromatic heterocycles. The van der Waals surface area contributed by atoms with Gasteiger partial charge in [-0.3, -0.25) is 14.5 Å². The zero-order valence-electron chi connectivity index (χ0n) is 18.2. The molecule has 0 spiro atoms. The van der Waals surface area contributed by atoms with E-state index in [2.05, 4.69) is 22.0 Å². The number of methoxy groups -OCH3 is 1. The van der Waals surface area contributed by atoms with Crippen molar-refractivity contribution in [3.63, 3.8) is 0 Å². The van der Waals surface area contributed by atoms with Gasteiger partial charge in [0.1, 0.15) is 23.6 Å². The quantitative estimate of drug-likeness (QED) is 0.595. The second kappa shape index (κ2) is 8.89. The van der Waals surface area contributed by atoms with Crippen LogP contribution in [0, 0.1) is 6.92 Å². The predicted molar refractivity (Wildman–Crippen MR) is 117 cm³/mol. The van der Waals surface area contributed by atoms with E-state index in [1.807, 2.05) is 29.2 Å². The summed E-state index contributed by atoms with van der Waals surface area (Å²) in [5, 5.41) is 8.88. The number of aromatic nitrogens is 4. The first-order chi connectivity index (χ1) is 15.0. The number of rotatable bonds is 6. The van der Waals surface area contributed by atoms with Crippen LogP contribution in [-0.4, -0.2) is 74.9 Å². The summed E-state index contributed by atoms with van der Waals surface area (Å²) in [6.45, 7) is 8.03. The topological polar surface area (TPSA) is 85.0 Å². The first-order valence-corrected chi connectivity index (χ1v) is 10.6. The molecule has 1 saturated heterocycles. The molecule has 0 saturated carbocycles. The van der Waals surface area contributed by atoms with Gasteiger partial charge in [-0.25, -0.2) is 9.20 Å². The third-order valence-corrected chi connectivity index (χ3v) is 5.67. The first kappa shape index (κ1) is 21.0. The van der Waals surface area contributed by atoms with E-state index in [0.29, 0.717) is 30.1 Å². The minimum atomic E-state index is -0.323. The summed E-state index contributed by atoms with van der Waals surface area (Å²) in [6, 6.07) is 9.22. The van der Waals surface area contributed by atoms with Crippen molar-refractivity contribution < 1.29 is 9.53 Å². The Labute approximate surface area is 180 Å². The number of ether oxygens (including phenoxy) is 1. The molecule has 0 bridgehead atoms. The molecule has 0 N–H and O–H groups in total. The average molecular weight is 425 g/mol. The number of aryl methyl sites for hydroxylation is 1. The highest BCUT2D eigenvalue weighted by atomic mass is 16.5. The lowest BCUT2D eigenvalue weighted by Gasteiger charge is -2.34. The van der Waals surface area contributed by atoms with Crippen LogP contribution in [0.15, 0.2) is 35.1 Å². The normalized spacial score (nSPS) is 14.9. The van der Waals surface area contributed by atoms with Gasteiger partial charge in [0.25, 0.3) is 5.56 Å². The molecule has 31 heavy (non-hydrogen) atoms. The zero-order chi connectivity index (χ0) is 22.0. The van der Waals surface area contributed by atoms with Crippen molar-refractivity contribution in [1.82, 2.24) is 29.2 Å². The van der Waals surface area contributed by atoms with Crippen molar-refractivity contribution in [2.75, 3.05) is 39.8 Å². The van der Waals surface area contributed by atoms with E-state index in [0.717, 1.165) is 37.4 Å². The van der Waals surface area contributed by atoms with Crippen molar-refractivity contribution in [2.45, 2.75) is 26.8 Å². The van der Waals surface area contributed by atoms with Crippen molar-refractivity contribution in [3.8, 4) is 17.0 Å². The van der Waals surface area contributed by atoms with Crippen LogP contribution in [0.4, 0.5) is 0 Å². The van der Waals surface area contributed by atoms with Gasteiger partial charge in [-0.1, -0.05) is 6.92 Å². The molecular weight excluding hydrogens is 396 g/mol. The second-order valence-corrected chi connectivity index (χ2v) is 7.79. The molecule has 1 aromatic carbocycles. The van der Waals surface area contributed by atoms with Crippen LogP contribution in [0.25, 0.3) is 16.8 Å². The van der Waals surface area contributed by atoms with Gasteiger partial charge >= 0.3 is 0 Å². The summed E-state index contributed by atoms with van der Waals surface area (Å²) < 4.78 is 7.98. The maximum absolute atomic E-state index is 13.0. The first-order valence-electron chi connectivity index (χ1n) is 10.6. The zero-order valence-corrected chi connectivity index (χ0v) is 18.2. The fourth-order valence-electron chi connectivity index (χ4n) is 3.95. The van der Waals surface area contributed by atoms with Crippen LogP contribution in [0.3, 0.4) is 0 Å². The SMILES string of the molecule is CCCN1CCN(C(=O)Cn2nc(C)n3nc(-c4ccc(OC)cc4)cc3c2=O)CC1. The maximum Gasteiger partial charge on any atom is 0.293 e. The second-order valence-electron chi connectivity index (χ2n) is 7.79. The summed E-state index contributed by atoms with van der Waals surface area (Å²) in [5.41, 5.74) is 1.62. The molecule has 164 valence electrons. The number of amides is 1. The van der Waals surface area contributed by atoms with Crippen molar-refractivity contribution in [1.29, 1.82) is 0 Å². The predicted octanol–water partition coefficient (Wildman–Crippen LogP) is 1.43. The Morgan fingerprint density at radius 1 is 1.10 bits per heavy atom. The molecule has 4 rings (SSSR count). The lowest BCUT2D eigenvalue weighted by Crippen LogP contribution is -2.50. The molecule has 1 aliphatic rings. The molecule has 3 aromatic rings. The van der Waals surface area contributed by atoms with Crippen molar-refractivity contribution >= 4 is 11.4 Å². The van der Waals surface area contributed by atoms with Gasteiger partial charge in [-0.2, -0.15) is 10.2 Å². The Balaban J connectivity index is 1.56. The number of piperazine rings is 1. The van der Waals surface area contributed by atoms with Crippen LogP contribution in [0.5, 0.6) is 5.75 Å². The number of benzene rings is 1. The summed E-state index contributed by atoms with van der Waals surface area (Å²) in [7, 11) is 1.61. The Bertz CT molecular complexity index is 1130. The third kappa shape index (κ3) is 4.32. The summed E-state index contributed by atoms with van der Waals surface area (Å²) >= 11 is 0. The van der Waals surface area contributed by atoms with E-state index >= 15 is 0 Å². The van der Waals surface area contributed by atoms with Gasteiger partial charge in [0.15, 0.2) is 0 Å². The van der Waals surface area contributed by atoms with Crippen molar-refractivity contribution in [3.05, 3.63) is 46.5 Å². The average Bonchev–Trinajstić information content (AvgIpc) is 3.24. The molecule has 1 aliphatic heterocycles. The number of fused-ring (bicyclic) bond motifs is 1. The van der Waals surface area contributed by atoms with Gasteiger partial charge < -0.3 is 9.64 Å². The van der Waals surface area contributed by atoms with Crippen molar-refractivity contribution in [2.24, 2.45) is 0 Å². The van der Waals surface area contributed by atoms with Gasteiger partial charge in [0, 0.05) is 31.7 Å². The fraction of sp³-hybridized carbons (Fsp3) is 0.455. The number of carbonyl (C=O) groups excluding carboxylic acids is 1. The maximum atomic E-state index is 13.0. The molecule has 0 radical (unpaired) electrons. The number of hydrogen-bond donors (Lipinski definition) is 0. The van der Waals surface area contributed by atoms with E-state index in [9.17, 15) is 9.59 Å². The van der Waals surface area contributed by atoms with E-state index in [4.69, 9.17) is 4.74 Å². The highest BCUT2D eigenvalue weighted by Crippen LogP contribution is 2.22. The lowest BCUT2D eigenvalue weighted by atomic mass is 10.1. The Morgan fingerprint density at radius 2 is 1.81 bits per heavy atom. The molecular formula is C22H28N6O3. The highest BCUT2D eigenvalue weighted by Gasteiger charge is 2.22. The van der Waals surface area contributed by atoms with E-state index in [-0.39, 0.29) is 18.0 Å². The Hall–Kier alpha value is -3.20. The molecule has 0 atom stereocenters. The van der Waals surface area contributed by atoms with E-state index in [1.165, 1.54) is 9.20 Å². The van der Waals surface area contributed by atoms with Gasteiger partial charge in [-0.05, 0) is 50.2 Å². The van der Waals surface area contributed by atoms with Crippen LogP contribution >= 0.6 is 0 Å². The molecule has 1 fully saturated rings. The largest absolute Gasteiger partial charge is 0.497 e.